The van der Waals surface area contributed by atoms with E-state index in [-0.39, 0.29) is 0 Å². The molecule has 1 N–H and O–H groups in total. The third-order valence-electron chi connectivity index (χ3n) is 4.74. The predicted molar refractivity (Wildman–Crippen MR) is 76.7 cm³/mol. The second-order valence-electron chi connectivity index (χ2n) is 6.14. The zero-order chi connectivity index (χ0) is 13.2. The molecule has 0 aromatic heterocycles. The molecule has 1 unspecified atom stereocenters. The largest absolute Gasteiger partial charge is 0.385 e. The van der Waals surface area contributed by atoms with E-state index in [0.29, 0.717) is 5.92 Å². The average molecular weight is 246 g/mol. The van der Waals surface area contributed by atoms with Crippen molar-refractivity contribution in [1.29, 1.82) is 0 Å². The van der Waals surface area contributed by atoms with Gasteiger partial charge in [-0.15, -0.1) is 0 Å². The maximum absolute atomic E-state index is 11.0. The molecule has 1 aromatic carbocycles. The molecule has 1 atom stereocenters. The molecular weight excluding hydrogens is 220 g/mol. The fraction of sp³-hybridized carbons (Fsp3) is 0.647. The minimum absolute atomic E-state index is 0.419. The molecule has 0 spiro atoms. The lowest BCUT2D eigenvalue weighted by molar-refractivity contribution is -0.0126. The molecular formula is C17H26O. The fourth-order valence-corrected chi connectivity index (χ4v) is 3.13. The van der Waals surface area contributed by atoms with Crippen LogP contribution in [-0.4, -0.2) is 5.11 Å². The topological polar surface area (TPSA) is 20.2 Å². The summed E-state index contributed by atoms with van der Waals surface area (Å²) >= 11 is 0. The van der Waals surface area contributed by atoms with Crippen LogP contribution in [0.1, 0.15) is 62.1 Å². The normalized spacial score (nSPS) is 21.3. The van der Waals surface area contributed by atoms with Crippen LogP contribution in [0.3, 0.4) is 0 Å². The Hall–Kier alpha value is -0.820. The summed E-state index contributed by atoms with van der Waals surface area (Å²) in [6.45, 7) is 6.26. The van der Waals surface area contributed by atoms with Gasteiger partial charge in [0, 0.05) is 0 Å². The molecule has 1 aliphatic carbocycles. The van der Waals surface area contributed by atoms with Crippen LogP contribution < -0.4 is 0 Å². The maximum Gasteiger partial charge on any atom is 0.0896 e. The quantitative estimate of drug-likeness (QED) is 0.763. The van der Waals surface area contributed by atoms with E-state index in [4.69, 9.17) is 0 Å². The Morgan fingerprint density at radius 1 is 1.00 bits per heavy atom. The molecule has 0 bridgehead atoms. The Balaban J connectivity index is 2.24. The number of benzene rings is 1. The van der Waals surface area contributed by atoms with E-state index < -0.39 is 5.60 Å². The monoisotopic (exact) mass is 246 g/mol. The van der Waals surface area contributed by atoms with E-state index in [9.17, 15) is 5.11 Å². The first-order valence-corrected chi connectivity index (χ1v) is 7.32. The molecule has 0 amide bonds. The van der Waals surface area contributed by atoms with Gasteiger partial charge in [0.15, 0.2) is 0 Å². The summed E-state index contributed by atoms with van der Waals surface area (Å²) < 4.78 is 0. The highest BCUT2D eigenvalue weighted by Gasteiger charge is 2.33. The van der Waals surface area contributed by atoms with E-state index in [1.165, 1.54) is 49.7 Å². The van der Waals surface area contributed by atoms with E-state index >= 15 is 0 Å². The molecule has 18 heavy (non-hydrogen) atoms. The SMILES string of the molecule is Cc1ccc(C(C)(O)C2CCCCCC2)cc1C. The van der Waals surface area contributed by atoms with Crippen LogP contribution in [0.4, 0.5) is 0 Å². The van der Waals surface area contributed by atoms with Crippen LogP contribution in [0.2, 0.25) is 0 Å². The van der Waals surface area contributed by atoms with Crippen molar-refractivity contribution in [3.05, 3.63) is 34.9 Å². The van der Waals surface area contributed by atoms with Gasteiger partial charge < -0.3 is 5.11 Å². The smallest absolute Gasteiger partial charge is 0.0896 e. The molecule has 1 nitrogen and oxygen atoms in total. The van der Waals surface area contributed by atoms with Crippen LogP contribution >= 0.6 is 0 Å². The van der Waals surface area contributed by atoms with Crippen molar-refractivity contribution < 1.29 is 5.11 Å². The van der Waals surface area contributed by atoms with Gasteiger partial charge in [-0.05, 0) is 56.2 Å². The lowest BCUT2D eigenvalue weighted by atomic mass is 9.78. The lowest BCUT2D eigenvalue weighted by Crippen LogP contribution is -2.31. The predicted octanol–water partition coefficient (Wildman–Crippen LogP) is 4.48. The third kappa shape index (κ3) is 2.77. The zero-order valence-corrected chi connectivity index (χ0v) is 12.0. The minimum Gasteiger partial charge on any atom is -0.385 e. The summed E-state index contributed by atoms with van der Waals surface area (Å²) in [6.07, 6.45) is 7.54. The average Bonchev–Trinajstić information content (AvgIpc) is 2.61. The second-order valence-corrected chi connectivity index (χ2v) is 6.14. The minimum atomic E-state index is -0.664. The van der Waals surface area contributed by atoms with Crippen molar-refractivity contribution in [3.63, 3.8) is 0 Å². The molecule has 2 rings (SSSR count). The Labute approximate surface area is 111 Å². The molecule has 1 aromatic rings. The third-order valence-corrected chi connectivity index (χ3v) is 4.74. The van der Waals surface area contributed by atoms with E-state index in [1.54, 1.807) is 0 Å². The zero-order valence-electron chi connectivity index (χ0n) is 12.0. The van der Waals surface area contributed by atoms with Crippen LogP contribution in [-0.2, 0) is 5.60 Å². The summed E-state index contributed by atoms with van der Waals surface area (Å²) in [5.74, 6) is 0.419. The second kappa shape index (κ2) is 5.44. The van der Waals surface area contributed by atoms with Crippen LogP contribution in [0.15, 0.2) is 18.2 Å². The van der Waals surface area contributed by atoms with Gasteiger partial charge in [-0.1, -0.05) is 43.9 Å². The van der Waals surface area contributed by atoms with Gasteiger partial charge >= 0.3 is 0 Å². The van der Waals surface area contributed by atoms with Gasteiger partial charge in [-0.3, -0.25) is 0 Å². The van der Waals surface area contributed by atoms with Crippen LogP contribution in [0.5, 0.6) is 0 Å². The van der Waals surface area contributed by atoms with Gasteiger partial charge in [-0.25, -0.2) is 0 Å². The molecule has 0 saturated heterocycles. The first kappa shape index (κ1) is 13.6. The highest BCUT2D eigenvalue weighted by Crippen LogP contribution is 2.38. The molecule has 1 heteroatoms. The van der Waals surface area contributed by atoms with Gasteiger partial charge in [0.05, 0.1) is 5.60 Å². The summed E-state index contributed by atoms with van der Waals surface area (Å²) in [5.41, 5.74) is 3.01. The van der Waals surface area contributed by atoms with Gasteiger partial charge in [0.1, 0.15) is 0 Å². The number of aryl methyl sites for hydroxylation is 2. The number of hydrogen-bond donors (Lipinski definition) is 1. The molecule has 100 valence electrons. The molecule has 1 saturated carbocycles. The Kier molecular flexibility index (Phi) is 4.11. The lowest BCUT2D eigenvalue weighted by Gasteiger charge is -2.33. The van der Waals surface area contributed by atoms with Gasteiger partial charge in [0.25, 0.3) is 0 Å². The van der Waals surface area contributed by atoms with E-state index in [1.807, 2.05) is 6.92 Å². The van der Waals surface area contributed by atoms with Gasteiger partial charge in [0.2, 0.25) is 0 Å². The highest BCUT2D eigenvalue weighted by atomic mass is 16.3. The fourth-order valence-electron chi connectivity index (χ4n) is 3.13. The van der Waals surface area contributed by atoms with Crippen LogP contribution in [0.25, 0.3) is 0 Å². The van der Waals surface area contributed by atoms with Crippen molar-refractivity contribution in [1.82, 2.24) is 0 Å². The highest BCUT2D eigenvalue weighted by molar-refractivity contribution is 5.33. The summed E-state index contributed by atoms with van der Waals surface area (Å²) in [5, 5.41) is 11.0. The molecule has 1 aliphatic rings. The van der Waals surface area contributed by atoms with Crippen molar-refractivity contribution in [2.75, 3.05) is 0 Å². The molecule has 0 aliphatic heterocycles. The standard InChI is InChI=1S/C17H26O/c1-13-10-11-16(12-14(13)2)17(3,18)15-8-6-4-5-7-9-15/h10-12,15,18H,4-9H2,1-3H3. The Morgan fingerprint density at radius 2 is 1.61 bits per heavy atom. The molecule has 1 fully saturated rings. The molecule has 0 radical (unpaired) electrons. The Morgan fingerprint density at radius 3 is 2.17 bits per heavy atom. The first-order chi connectivity index (χ1) is 8.51. The van der Waals surface area contributed by atoms with E-state index in [2.05, 4.69) is 32.0 Å². The van der Waals surface area contributed by atoms with Gasteiger partial charge in [-0.2, -0.15) is 0 Å². The first-order valence-electron chi connectivity index (χ1n) is 7.32. The summed E-state index contributed by atoms with van der Waals surface area (Å²) in [6, 6.07) is 6.41. The Bertz CT molecular complexity index is 398. The maximum atomic E-state index is 11.0. The summed E-state index contributed by atoms with van der Waals surface area (Å²) in [4.78, 5) is 0. The van der Waals surface area contributed by atoms with Crippen molar-refractivity contribution in [2.45, 2.75) is 64.9 Å². The van der Waals surface area contributed by atoms with E-state index in [0.717, 1.165) is 5.56 Å². The van der Waals surface area contributed by atoms with Crippen molar-refractivity contribution in [2.24, 2.45) is 5.92 Å². The molecule has 0 heterocycles. The number of rotatable bonds is 2. The number of aliphatic hydroxyl groups is 1. The van der Waals surface area contributed by atoms with Crippen LogP contribution in [0, 0.1) is 19.8 Å². The summed E-state index contributed by atoms with van der Waals surface area (Å²) in [7, 11) is 0. The van der Waals surface area contributed by atoms with Crippen molar-refractivity contribution >= 4 is 0 Å². The number of hydrogen-bond acceptors (Lipinski definition) is 1. The van der Waals surface area contributed by atoms with Crippen molar-refractivity contribution in [3.8, 4) is 0 Å².